The molecule has 1 aliphatic carbocycles. The molecule has 6 nitrogen and oxygen atoms in total. The molecular weight excluding hydrogens is 376 g/mol. The highest BCUT2D eigenvalue weighted by molar-refractivity contribution is 7.92. The maximum atomic E-state index is 12.6. The van der Waals surface area contributed by atoms with Gasteiger partial charge in [-0.1, -0.05) is 37.1 Å². The van der Waals surface area contributed by atoms with Crippen molar-refractivity contribution >= 4 is 27.7 Å². The average molecular weight is 401 g/mol. The Morgan fingerprint density at radius 1 is 1.07 bits per heavy atom. The summed E-state index contributed by atoms with van der Waals surface area (Å²) in [7, 11) is -2.26. The summed E-state index contributed by atoms with van der Waals surface area (Å²) in [6.45, 7) is 0. The molecule has 0 unspecified atom stereocenters. The molecule has 148 valence electrons. The third-order valence-electron chi connectivity index (χ3n) is 4.67. The first-order valence-corrected chi connectivity index (χ1v) is 10.7. The summed E-state index contributed by atoms with van der Waals surface area (Å²) < 4.78 is 32.9. The molecule has 0 aromatic heterocycles. The SMILES string of the molecule is COc1ccccc1NS(=O)(=O)c1ccc(/C=C/C(=O)NC2CCCC2)cc1. The summed E-state index contributed by atoms with van der Waals surface area (Å²) in [4.78, 5) is 12.1. The van der Waals surface area contributed by atoms with E-state index in [1.54, 1.807) is 42.5 Å². The van der Waals surface area contributed by atoms with Gasteiger partial charge in [0.15, 0.2) is 0 Å². The zero-order chi connectivity index (χ0) is 20.0. The van der Waals surface area contributed by atoms with Crippen molar-refractivity contribution in [3.63, 3.8) is 0 Å². The van der Waals surface area contributed by atoms with E-state index in [0.717, 1.165) is 31.2 Å². The second-order valence-electron chi connectivity index (χ2n) is 6.70. The number of carbonyl (C=O) groups is 1. The predicted molar refractivity (Wildman–Crippen MR) is 110 cm³/mol. The summed E-state index contributed by atoms with van der Waals surface area (Å²) in [5.74, 6) is 0.320. The zero-order valence-electron chi connectivity index (χ0n) is 15.7. The van der Waals surface area contributed by atoms with Gasteiger partial charge in [-0.3, -0.25) is 9.52 Å². The highest BCUT2D eigenvalue weighted by atomic mass is 32.2. The Bertz CT molecular complexity index is 947. The number of benzene rings is 2. The van der Waals surface area contributed by atoms with Gasteiger partial charge in [-0.05, 0) is 48.7 Å². The minimum atomic E-state index is -3.74. The van der Waals surface area contributed by atoms with Crippen molar-refractivity contribution in [2.24, 2.45) is 0 Å². The number of anilines is 1. The first-order valence-electron chi connectivity index (χ1n) is 9.22. The van der Waals surface area contributed by atoms with E-state index in [1.165, 1.54) is 25.3 Å². The lowest BCUT2D eigenvalue weighted by molar-refractivity contribution is -0.117. The summed E-state index contributed by atoms with van der Waals surface area (Å²) >= 11 is 0. The van der Waals surface area contributed by atoms with Crippen LogP contribution in [-0.4, -0.2) is 27.5 Å². The fourth-order valence-corrected chi connectivity index (χ4v) is 4.25. The molecule has 0 spiro atoms. The molecule has 0 radical (unpaired) electrons. The number of amides is 1. The zero-order valence-corrected chi connectivity index (χ0v) is 16.5. The van der Waals surface area contributed by atoms with Gasteiger partial charge in [0.25, 0.3) is 10.0 Å². The second kappa shape index (κ2) is 8.93. The molecule has 2 aromatic carbocycles. The van der Waals surface area contributed by atoms with Crippen molar-refractivity contribution in [1.82, 2.24) is 5.32 Å². The lowest BCUT2D eigenvalue weighted by Gasteiger charge is -2.11. The van der Waals surface area contributed by atoms with E-state index in [4.69, 9.17) is 4.74 Å². The highest BCUT2D eigenvalue weighted by Crippen LogP contribution is 2.26. The fourth-order valence-electron chi connectivity index (χ4n) is 3.18. The molecule has 0 bridgehead atoms. The fraction of sp³-hybridized carbons (Fsp3) is 0.286. The molecule has 2 N–H and O–H groups in total. The van der Waals surface area contributed by atoms with Gasteiger partial charge in [0.1, 0.15) is 5.75 Å². The van der Waals surface area contributed by atoms with Crippen LogP contribution in [0.1, 0.15) is 31.2 Å². The number of sulfonamides is 1. The molecule has 1 saturated carbocycles. The molecule has 1 amide bonds. The molecule has 7 heteroatoms. The predicted octanol–water partition coefficient (Wildman–Crippen LogP) is 3.57. The molecule has 0 heterocycles. The number of hydrogen-bond acceptors (Lipinski definition) is 4. The van der Waals surface area contributed by atoms with Crippen molar-refractivity contribution in [3.8, 4) is 5.75 Å². The van der Waals surface area contributed by atoms with Crippen LogP contribution in [0.5, 0.6) is 5.75 Å². The van der Waals surface area contributed by atoms with Gasteiger partial charge in [0, 0.05) is 12.1 Å². The first kappa shape index (κ1) is 19.9. The molecule has 28 heavy (non-hydrogen) atoms. The number of nitrogens with one attached hydrogen (secondary N) is 2. The summed E-state index contributed by atoms with van der Waals surface area (Å²) in [6, 6.07) is 13.4. The van der Waals surface area contributed by atoms with Crippen LogP contribution in [0.25, 0.3) is 6.08 Å². The molecule has 1 fully saturated rings. The second-order valence-corrected chi connectivity index (χ2v) is 8.38. The Morgan fingerprint density at radius 3 is 2.43 bits per heavy atom. The van der Waals surface area contributed by atoms with Crippen LogP contribution < -0.4 is 14.8 Å². The van der Waals surface area contributed by atoms with E-state index >= 15 is 0 Å². The normalized spacial score (nSPS) is 14.9. The van der Waals surface area contributed by atoms with Crippen molar-refractivity contribution in [2.45, 2.75) is 36.6 Å². The number of methoxy groups -OCH3 is 1. The standard InChI is InChI=1S/C21H24N2O4S/c1-27-20-9-5-4-8-19(20)23-28(25,26)18-13-10-16(11-14-18)12-15-21(24)22-17-6-2-3-7-17/h4-5,8-15,17,23H,2-3,6-7H2,1H3,(H,22,24)/b15-12+. The molecule has 0 saturated heterocycles. The van der Waals surface area contributed by atoms with E-state index in [0.29, 0.717) is 11.4 Å². The molecule has 3 rings (SSSR count). The first-order chi connectivity index (χ1) is 13.5. The van der Waals surface area contributed by atoms with Crippen molar-refractivity contribution < 1.29 is 17.9 Å². The van der Waals surface area contributed by atoms with Crippen LogP contribution in [-0.2, 0) is 14.8 Å². The van der Waals surface area contributed by atoms with Crippen LogP contribution >= 0.6 is 0 Å². The maximum absolute atomic E-state index is 12.6. The molecule has 2 aromatic rings. The van der Waals surface area contributed by atoms with Gasteiger partial charge >= 0.3 is 0 Å². The van der Waals surface area contributed by atoms with Crippen molar-refractivity contribution in [2.75, 3.05) is 11.8 Å². The van der Waals surface area contributed by atoms with Crippen LogP contribution in [0.3, 0.4) is 0 Å². The van der Waals surface area contributed by atoms with Crippen molar-refractivity contribution in [3.05, 3.63) is 60.2 Å². The number of rotatable bonds is 7. The smallest absolute Gasteiger partial charge is 0.262 e. The Hall–Kier alpha value is -2.80. The molecule has 0 aliphatic heterocycles. The Kier molecular flexibility index (Phi) is 6.36. The van der Waals surface area contributed by atoms with Crippen LogP contribution in [0.2, 0.25) is 0 Å². The van der Waals surface area contributed by atoms with Gasteiger partial charge < -0.3 is 10.1 Å². The van der Waals surface area contributed by atoms with Crippen LogP contribution in [0.15, 0.2) is 59.5 Å². The summed E-state index contributed by atoms with van der Waals surface area (Å²) in [6.07, 6.45) is 7.54. The molecular formula is C21H24N2O4S. The third-order valence-corrected chi connectivity index (χ3v) is 6.05. The molecule has 0 atom stereocenters. The Morgan fingerprint density at radius 2 is 1.75 bits per heavy atom. The average Bonchev–Trinajstić information content (AvgIpc) is 3.20. The summed E-state index contributed by atoms with van der Waals surface area (Å²) in [5.41, 5.74) is 1.12. The van der Waals surface area contributed by atoms with E-state index in [9.17, 15) is 13.2 Å². The highest BCUT2D eigenvalue weighted by Gasteiger charge is 2.17. The van der Waals surface area contributed by atoms with E-state index in [-0.39, 0.29) is 16.8 Å². The van der Waals surface area contributed by atoms with Crippen molar-refractivity contribution in [1.29, 1.82) is 0 Å². The summed E-state index contributed by atoms with van der Waals surface area (Å²) in [5, 5.41) is 2.98. The minimum Gasteiger partial charge on any atom is -0.495 e. The largest absolute Gasteiger partial charge is 0.495 e. The Labute approximate surface area is 165 Å². The van der Waals surface area contributed by atoms with Gasteiger partial charge in [-0.25, -0.2) is 8.42 Å². The van der Waals surface area contributed by atoms with Crippen LogP contribution in [0, 0.1) is 0 Å². The minimum absolute atomic E-state index is 0.124. The van der Waals surface area contributed by atoms with E-state index < -0.39 is 10.0 Å². The topological polar surface area (TPSA) is 84.5 Å². The molecule has 1 aliphatic rings. The monoisotopic (exact) mass is 400 g/mol. The van der Waals surface area contributed by atoms with Gasteiger partial charge in [-0.15, -0.1) is 0 Å². The van der Waals surface area contributed by atoms with Gasteiger partial charge in [0.05, 0.1) is 17.7 Å². The third kappa shape index (κ3) is 5.13. The number of hydrogen-bond donors (Lipinski definition) is 2. The number of ether oxygens (including phenoxy) is 1. The van der Waals surface area contributed by atoms with Gasteiger partial charge in [-0.2, -0.15) is 0 Å². The van der Waals surface area contributed by atoms with E-state index in [1.807, 2.05) is 0 Å². The van der Waals surface area contributed by atoms with Crippen LogP contribution in [0.4, 0.5) is 5.69 Å². The Balaban J connectivity index is 1.65. The maximum Gasteiger partial charge on any atom is 0.262 e. The van der Waals surface area contributed by atoms with Gasteiger partial charge in [0.2, 0.25) is 5.91 Å². The lowest BCUT2D eigenvalue weighted by atomic mass is 10.2. The number of carbonyl (C=O) groups excluding carboxylic acids is 1. The van der Waals surface area contributed by atoms with E-state index in [2.05, 4.69) is 10.0 Å². The number of para-hydroxylation sites is 2. The lowest BCUT2D eigenvalue weighted by Crippen LogP contribution is -2.30. The quantitative estimate of drug-likeness (QED) is 0.696.